The molecule has 110 valence electrons. The maximum atomic E-state index is 11.1. The zero-order valence-corrected chi connectivity index (χ0v) is 12.6. The molecule has 3 heteroatoms. The third-order valence-corrected chi connectivity index (χ3v) is 3.32. The first-order valence-corrected chi connectivity index (χ1v) is 7.45. The average molecular weight is 268 g/mol. The van der Waals surface area contributed by atoms with Crippen LogP contribution in [-0.4, -0.2) is 16.9 Å². The van der Waals surface area contributed by atoms with E-state index in [9.17, 15) is 9.59 Å². The Morgan fingerprint density at radius 1 is 1.05 bits per heavy atom. The van der Waals surface area contributed by atoms with Crippen LogP contribution in [0.5, 0.6) is 0 Å². The van der Waals surface area contributed by atoms with Crippen LogP contribution in [0.1, 0.15) is 72.1 Å². The summed E-state index contributed by atoms with van der Waals surface area (Å²) in [6.07, 6.45) is 11.3. The molecule has 0 amide bonds. The maximum absolute atomic E-state index is 11.1. The van der Waals surface area contributed by atoms with E-state index in [0.717, 1.165) is 12.8 Å². The lowest BCUT2D eigenvalue weighted by Crippen LogP contribution is -2.10. The SMILES string of the molecule is CCCCCCCCCC(C)/C=C(\C(C)=O)C(=O)O. The number of Topliss-reactive ketones (excluding diaryl/α,β-unsaturated/α-hetero) is 1. The highest BCUT2D eigenvalue weighted by Gasteiger charge is 2.13. The second kappa shape index (κ2) is 10.8. The molecule has 0 radical (unpaired) electrons. The average Bonchev–Trinajstić information content (AvgIpc) is 2.34. The topological polar surface area (TPSA) is 54.4 Å². The van der Waals surface area contributed by atoms with Gasteiger partial charge in [-0.05, 0) is 19.3 Å². The number of rotatable bonds is 11. The Labute approximate surface area is 117 Å². The number of allylic oxidation sites excluding steroid dienone is 1. The molecule has 0 aliphatic rings. The van der Waals surface area contributed by atoms with Crippen molar-refractivity contribution in [2.75, 3.05) is 0 Å². The Morgan fingerprint density at radius 3 is 2.05 bits per heavy atom. The van der Waals surface area contributed by atoms with Gasteiger partial charge in [-0.15, -0.1) is 0 Å². The van der Waals surface area contributed by atoms with Gasteiger partial charge in [-0.25, -0.2) is 4.79 Å². The van der Waals surface area contributed by atoms with E-state index < -0.39 is 5.97 Å². The van der Waals surface area contributed by atoms with Crippen LogP contribution in [-0.2, 0) is 9.59 Å². The Balaban J connectivity index is 3.85. The molecule has 1 atom stereocenters. The third kappa shape index (κ3) is 9.46. The van der Waals surface area contributed by atoms with Crippen LogP contribution < -0.4 is 0 Å². The van der Waals surface area contributed by atoms with E-state index in [0.29, 0.717) is 0 Å². The van der Waals surface area contributed by atoms with Gasteiger partial charge in [0.15, 0.2) is 5.78 Å². The van der Waals surface area contributed by atoms with E-state index in [1.54, 1.807) is 6.08 Å². The summed E-state index contributed by atoms with van der Waals surface area (Å²) in [5, 5.41) is 8.90. The van der Waals surface area contributed by atoms with Crippen LogP contribution in [0, 0.1) is 5.92 Å². The smallest absolute Gasteiger partial charge is 0.338 e. The first-order valence-electron chi connectivity index (χ1n) is 7.45. The summed E-state index contributed by atoms with van der Waals surface area (Å²) in [4.78, 5) is 22.0. The van der Waals surface area contributed by atoms with Crippen LogP contribution in [0.15, 0.2) is 11.6 Å². The van der Waals surface area contributed by atoms with Crippen molar-refractivity contribution in [1.82, 2.24) is 0 Å². The number of unbranched alkanes of at least 4 members (excludes halogenated alkanes) is 6. The molecule has 0 aromatic rings. The molecular weight excluding hydrogens is 240 g/mol. The summed E-state index contributed by atoms with van der Waals surface area (Å²) in [6, 6.07) is 0. The Bertz CT molecular complexity index is 289. The highest BCUT2D eigenvalue weighted by atomic mass is 16.4. The second-order valence-corrected chi connectivity index (χ2v) is 5.33. The lowest BCUT2D eigenvalue weighted by molar-refractivity contribution is -0.134. The van der Waals surface area contributed by atoms with Gasteiger partial charge in [0.25, 0.3) is 0 Å². The minimum atomic E-state index is -1.11. The number of aliphatic carboxylic acids is 1. The van der Waals surface area contributed by atoms with Gasteiger partial charge >= 0.3 is 5.97 Å². The van der Waals surface area contributed by atoms with Crippen LogP contribution in [0.2, 0.25) is 0 Å². The molecule has 0 rings (SSSR count). The van der Waals surface area contributed by atoms with Crippen molar-refractivity contribution in [2.45, 2.75) is 72.1 Å². The van der Waals surface area contributed by atoms with E-state index >= 15 is 0 Å². The molecule has 3 nitrogen and oxygen atoms in total. The zero-order valence-electron chi connectivity index (χ0n) is 12.6. The molecule has 0 bridgehead atoms. The van der Waals surface area contributed by atoms with Gasteiger partial charge in [0.05, 0.1) is 5.57 Å². The molecule has 1 N–H and O–H groups in total. The van der Waals surface area contributed by atoms with Crippen molar-refractivity contribution in [3.63, 3.8) is 0 Å². The first-order chi connectivity index (χ1) is 8.99. The van der Waals surface area contributed by atoms with Gasteiger partial charge in [0.1, 0.15) is 0 Å². The van der Waals surface area contributed by atoms with Crippen molar-refractivity contribution in [1.29, 1.82) is 0 Å². The largest absolute Gasteiger partial charge is 0.478 e. The number of carbonyl (C=O) groups is 2. The summed E-state index contributed by atoms with van der Waals surface area (Å²) in [5.74, 6) is -1.32. The fourth-order valence-corrected chi connectivity index (χ4v) is 2.13. The predicted molar refractivity (Wildman–Crippen MR) is 78.2 cm³/mol. The minimum absolute atomic E-state index is 0.0737. The van der Waals surface area contributed by atoms with Crippen LogP contribution in [0.4, 0.5) is 0 Å². The van der Waals surface area contributed by atoms with Crippen LogP contribution >= 0.6 is 0 Å². The van der Waals surface area contributed by atoms with Crippen LogP contribution in [0.3, 0.4) is 0 Å². The number of hydrogen-bond donors (Lipinski definition) is 1. The molecule has 0 aromatic carbocycles. The van der Waals surface area contributed by atoms with Crippen molar-refractivity contribution < 1.29 is 14.7 Å². The Kier molecular flexibility index (Phi) is 10.1. The monoisotopic (exact) mass is 268 g/mol. The van der Waals surface area contributed by atoms with Gasteiger partial charge in [-0.1, -0.05) is 64.9 Å². The number of ketones is 1. The van der Waals surface area contributed by atoms with Gasteiger partial charge in [0.2, 0.25) is 0 Å². The maximum Gasteiger partial charge on any atom is 0.338 e. The summed E-state index contributed by atoms with van der Waals surface area (Å²) in [6.45, 7) is 5.49. The van der Waals surface area contributed by atoms with Crippen LogP contribution in [0.25, 0.3) is 0 Å². The lowest BCUT2D eigenvalue weighted by Gasteiger charge is -2.07. The fraction of sp³-hybridized carbons (Fsp3) is 0.750. The fourth-order valence-electron chi connectivity index (χ4n) is 2.13. The molecule has 0 aliphatic heterocycles. The first kappa shape index (κ1) is 17.9. The summed E-state index contributed by atoms with van der Waals surface area (Å²) in [5.41, 5.74) is -0.0737. The highest BCUT2D eigenvalue weighted by Crippen LogP contribution is 2.15. The molecule has 0 spiro atoms. The van der Waals surface area contributed by atoms with Crippen molar-refractivity contribution in [3.05, 3.63) is 11.6 Å². The van der Waals surface area contributed by atoms with Gasteiger partial charge < -0.3 is 5.11 Å². The molecule has 0 aromatic heterocycles. The molecule has 0 saturated heterocycles. The summed E-state index contributed by atoms with van der Waals surface area (Å²) >= 11 is 0. The van der Waals surface area contributed by atoms with Gasteiger partial charge in [-0.2, -0.15) is 0 Å². The number of carbonyl (C=O) groups excluding carboxylic acids is 1. The van der Waals surface area contributed by atoms with Gasteiger partial charge in [0, 0.05) is 0 Å². The number of hydrogen-bond acceptors (Lipinski definition) is 2. The Morgan fingerprint density at radius 2 is 1.58 bits per heavy atom. The molecule has 19 heavy (non-hydrogen) atoms. The lowest BCUT2D eigenvalue weighted by atomic mass is 9.98. The zero-order chi connectivity index (χ0) is 14.7. The number of carboxylic acid groups (broad SMARTS) is 1. The normalized spacial score (nSPS) is 13.3. The third-order valence-electron chi connectivity index (χ3n) is 3.32. The van der Waals surface area contributed by atoms with E-state index in [-0.39, 0.29) is 17.3 Å². The van der Waals surface area contributed by atoms with E-state index in [1.807, 2.05) is 6.92 Å². The predicted octanol–water partition coefficient (Wildman–Crippen LogP) is 4.36. The quantitative estimate of drug-likeness (QED) is 0.262. The van der Waals surface area contributed by atoms with Crippen molar-refractivity contribution in [2.24, 2.45) is 5.92 Å². The number of carboxylic acids is 1. The van der Waals surface area contributed by atoms with E-state index in [2.05, 4.69) is 6.92 Å². The van der Waals surface area contributed by atoms with Gasteiger partial charge in [-0.3, -0.25) is 4.79 Å². The van der Waals surface area contributed by atoms with E-state index in [1.165, 1.54) is 45.4 Å². The second-order valence-electron chi connectivity index (χ2n) is 5.33. The molecule has 0 aliphatic carbocycles. The molecule has 0 heterocycles. The molecular formula is C16H28O3. The molecule has 0 saturated carbocycles. The highest BCUT2D eigenvalue weighted by molar-refractivity contribution is 6.15. The van der Waals surface area contributed by atoms with E-state index in [4.69, 9.17) is 5.11 Å². The van der Waals surface area contributed by atoms with Crippen molar-refractivity contribution in [3.8, 4) is 0 Å². The van der Waals surface area contributed by atoms with Crippen molar-refractivity contribution >= 4 is 11.8 Å². The summed E-state index contributed by atoms with van der Waals surface area (Å²) < 4.78 is 0. The summed E-state index contributed by atoms with van der Waals surface area (Å²) in [7, 11) is 0. The standard InChI is InChI=1S/C16H28O3/c1-4-5-6-7-8-9-10-11-13(2)12-15(14(3)17)16(18)19/h12-13H,4-11H2,1-3H3,(H,18,19)/b15-12+. The molecule has 1 unspecified atom stereocenters. The molecule has 0 fully saturated rings. The minimum Gasteiger partial charge on any atom is -0.478 e. The Hall–Kier alpha value is -1.12.